The van der Waals surface area contributed by atoms with E-state index in [1.807, 2.05) is 13.0 Å². The molecule has 1 saturated heterocycles. The van der Waals surface area contributed by atoms with Crippen molar-refractivity contribution in [2.75, 3.05) is 31.6 Å². The minimum atomic E-state index is -0.343. The number of nitrogens with one attached hydrogen (secondary N) is 1. The number of carbonyl (C=O) groups excluding carboxylic acids is 2. The molecule has 1 aliphatic heterocycles. The van der Waals surface area contributed by atoms with E-state index < -0.39 is 0 Å². The third kappa shape index (κ3) is 4.15. The van der Waals surface area contributed by atoms with E-state index in [0.29, 0.717) is 48.1 Å². The predicted molar refractivity (Wildman–Crippen MR) is 95.1 cm³/mol. The molecule has 0 bridgehead atoms. The van der Waals surface area contributed by atoms with Gasteiger partial charge in [0.1, 0.15) is 0 Å². The first-order valence-corrected chi connectivity index (χ1v) is 8.32. The van der Waals surface area contributed by atoms with Crippen molar-refractivity contribution in [2.45, 2.75) is 6.92 Å². The minimum absolute atomic E-state index is 0.149. The molecule has 1 N–H and O–H groups in total. The quantitative estimate of drug-likeness (QED) is 0.914. The first-order chi connectivity index (χ1) is 12.0. The molecule has 25 heavy (non-hydrogen) atoms. The number of amides is 2. The van der Waals surface area contributed by atoms with Crippen LogP contribution >= 0.6 is 11.6 Å². The molecular weight excluding hydrogens is 342 g/mol. The van der Waals surface area contributed by atoms with Crippen molar-refractivity contribution in [3.63, 3.8) is 0 Å². The summed E-state index contributed by atoms with van der Waals surface area (Å²) in [7, 11) is 0. The van der Waals surface area contributed by atoms with Crippen LogP contribution in [0.3, 0.4) is 0 Å². The van der Waals surface area contributed by atoms with Crippen molar-refractivity contribution < 1.29 is 14.3 Å². The van der Waals surface area contributed by atoms with Gasteiger partial charge in [-0.15, -0.1) is 0 Å². The van der Waals surface area contributed by atoms with Crippen LogP contribution in [0.2, 0.25) is 5.02 Å². The standard InChI is InChI=1S/C18H18ClN3O3/c1-12-2-3-15(9-16(12)19)21-17(23)13-8-14(11-20-10-13)18(24)22-4-6-25-7-5-22/h2-3,8-11H,4-7H2,1H3,(H,21,23). The topological polar surface area (TPSA) is 71.5 Å². The van der Waals surface area contributed by atoms with E-state index >= 15 is 0 Å². The maximum absolute atomic E-state index is 12.5. The minimum Gasteiger partial charge on any atom is -0.378 e. The highest BCUT2D eigenvalue weighted by Crippen LogP contribution is 2.20. The summed E-state index contributed by atoms with van der Waals surface area (Å²) in [5.74, 6) is -0.493. The van der Waals surface area contributed by atoms with Crippen LogP contribution in [0.25, 0.3) is 0 Å². The van der Waals surface area contributed by atoms with E-state index in [1.54, 1.807) is 23.1 Å². The molecule has 0 atom stereocenters. The number of hydrogen-bond acceptors (Lipinski definition) is 4. The molecule has 130 valence electrons. The highest BCUT2D eigenvalue weighted by molar-refractivity contribution is 6.31. The van der Waals surface area contributed by atoms with Gasteiger partial charge in [-0.05, 0) is 30.7 Å². The Balaban J connectivity index is 1.74. The van der Waals surface area contributed by atoms with Crippen LogP contribution in [-0.2, 0) is 4.74 Å². The number of nitrogens with zero attached hydrogens (tertiary/aromatic N) is 2. The van der Waals surface area contributed by atoms with E-state index in [-0.39, 0.29) is 11.8 Å². The Morgan fingerprint density at radius 2 is 1.88 bits per heavy atom. The average molecular weight is 360 g/mol. The number of benzene rings is 1. The molecule has 0 spiro atoms. The fourth-order valence-electron chi connectivity index (χ4n) is 2.50. The number of hydrogen-bond donors (Lipinski definition) is 1. The van der Waals surface area contributed by atoms with Gasteiger partial charge in [-0.2, -0.15) is 0 Å². The first kappa shape index (κ1) is 17.4. The van der Waals surface area contributed by atoms with Crippen LogP contribution in [0.4, 0.5) is 5.69 Å². The van der Waals surface area contributed by atoms with E-state index in [4.69, 9.17) is 16.3 Å². The molecule has 1 fully saturated rings. The van der Waals surface area contributed by atoms with Gasteiger partial charge in [-0.1, -0.05) is 17.7 Å². The molecule has 2 amide bonds. The SMILES string of the molecule is Cc1ccc(NC(=O)c2cncc(C(=O)N3CCOCC3)c2)cc1Cl. The van der Waals surface area contributed by atoms with Crippen molar-refractivity contribution >= 4 is 29.1 Å². The third-order valence-electron chi connectivity index (χ3n) is 3.98. The number of morpholine rings is 1. The van der Waals surface area contributed by atoms with Crippen molar-refractivity contribution in [1.82, 2.24) is 9.88 Å². The third-order valence-corrected chi connectivity index (χ3v) is 4.38. The maximum atomic E-state index is 12.5. The van der Waals surface area contributed by atoms with Crippen molar-refractivity contribution in [1.29, 1.82) is 0 Å². The summed E-state index contributed by atoms with van der Waals surface area (Å²) >= 11 is 6.07. The number of carbonyl (C=O) groups is 2. The smallest absolute Gasteiger partial charge is 0.257 e. The molecule has 1 aliphatic rings. The van der Waals surface area contributed by atoms with Gasteiger partial charge in [0.15, 0.2) is 0 Å². The Bertz CT molecular complexity index is 804. The summed E-state index contributed by atoms with van der Waals surface area (Å²) in [5, 5.41) is 3.34. The fourth-order valence-corrected chi connectivity index (χ4v) is 2.68. The second-order valence-corrected chi connectivity index (χ2v) is 6.19. The van der Waals surface area contributed by atoms with Crippen LogP contribution in [0.1, 0.15) is 26.3 Å². The van der Waals surface area contributed by atoms with Gasteiger partial charge in [0.2, 0.25) is 0 Å². The molecule has 0 saturated carbocycles. The zero-order valence-corrected chi connectivity index (χ0v) is 14.5. The highest BCUT2D eigenvalue weighted by Gasteiger charge is 2.20. The molecule has 3 rings (SSSR count). The summed E-state index contributed by atoms with van der Waals surface area (Å²) in [6.07, 6.45) is 2.90. The van der Waals surface area contributed by atoms with Crippen molar-refractivity contribution in [3.8, 4) is 0 Å². The van der Waals surface area contributed by atoms with E-state index in [1.165, 1.54) is 12.4 Å². The van der Waals surface area contributed by atoms with Crippen LogP contribution < -0.4 is 5.32 Å². The second kappa shape index (κ2) is 7.63. The second-order valence-electron chi connectivity index (χ2n) is 5.78. The van der Waals surface area contributed by atoms with Gasteiger partial charge in [-0.3, -0.25) is 14.6 Å². The van der Waals surface area contributed by atoms with Crippen molar-refractivity contribution in [3.05, 3.63) is 58.4 Å². The average Bonchev–Trinajstić information content (AvgIpc) is 2.65. The number of pyridine rings is 1. The zero-order chi connectivity index (χ0) is 17.8. The number of aryl methyl sites for hydroxylation is 1. The normalized spacial score (nSPS) is 14.2. The lowest BCUT2D eigenvalue weighted by Crippen LogP contribution is -2.40. The Kier molecular flexibility index (Phi) is 5.31. The van der Waals surface area contributed by atoms with Gasteiger partial charge in [0, 0.05) is 36.2 Å². The molecule has 1 aromatic heterocycles. The summed E-state index contributed by atoms with van der Waals surface area (Å²) in [6.45, 7) is 4.01. The van der Waals surface area contributed by atoms with Gasteiger partial charge in [0.05, 0.1) is 24.3 Å². The predicted octanol–water partition coefficient (Wildman–Crippen LogP) is 2.77. The Hall–Kier alpha value is -2.44. The van der Waals surface area contributed by atoms with Crippen LogP contribution in [-0.4, -0.2) is 48.0 Å². The lowest BCUT2D eigenvalue weighted by Gasteiger charge is -2.26. The molecule has 7 heteroatoms. The Morgan fingerprint density at radius 3 is 2.60 bits per heavy atom. The summed E-state index contributed by atoms with van der Waals surface area (Å²) in [6, 6.07) is 6.84. The van der Waals surface area contributed by atoms with Gasteiger partial charge in [0.25, 0.3) is 11.8 Å². The van der Waals surface area contributed by atoms with Crippen LogP contribution in [0.15, 0.2) is 36.7 Å². The van der Waals surface area contributed by atoms with Crippen LogP contribution in [0, 0.1) is 6.92 Å². The molecular formula is C18H18ClN3O3. The van der Waals surface area contributed by atoms with Crippen molar-refractivity contribution in [2.24, 2.45) is 0 Å². The molecule has 0 aliphatic carbocycles. The molecule has 1 aromatic carbocycles. The Morgan fingerprint density at radius 1 is 1.16 bits per heavy atom. The van der Waals surface area contributed by atoms with Crippen LogP contribution in [0.5, 0.6) is 0 Å². The molecule has 2 heterocycles. The maximum Gasteiger partial charge on any atom is 0.257 e. The Labute approximate surface area is 150 Å². The number of aromatic nitrogens is 1. The van der Waals surface area contributed by atoms with E-state index in [9.17, 15) is 9.59 Å². The molecule has 2 aromatic rings. The van der Waals surface area contributed by atoms with E-state index in [2.05, 4.69) is 10.3 Å². The molecule has 0 unspecified atom stereocenters. The summed E-state index contributed by atoms with van der Waals surface area (Å²) < 4.78 is 5.25. The van der Waals surface area contributed by atoms with Gasteiger partial charge < -0.3 is 15.0 Å². The number of anilines is 1. The monoisotopic (exact) mass is 359 g/mol. The fraction of sp³-hybridized carbons (Fsp3) is 0.278. The lowest BCUT2D eigenvalue weighted by atomic mass is 10.1. The van der Waals surface area contributed by atoms with Gasteiger partial charge >= 0.3 is 0 Å². The summed E-state index contributed by atoms with van der Waals surface area (Å²) in [5.41, 5.74) is 2.22. The lowest BCUT2D eigenvalue weighted by molar-refractivity contribution is 0.0302. The zero-order valence-electron chi connectivity index (χ0n) is 13.8. The number of ether oxygens (including phenoxy) is 1. The molecule has 6 nitrogen and oxygen atoms in total. The largest absolute Gasteiger partial charge is 0.378 e. The summed E-state index contributed by atoms with van der Waals surface area (Å²) in [4.78, 5) is 30.6. The van der Waals surface area contributed by atoms with E-state index in [0.717, 1.165) is 5.56 Å². The number of rotatable bonds is 3. The first-order valence-electron chi connectivity index (χ1n) is 7.94. The molecule has 0 radical (unpaired) electrons. The highest BCUT2D eigenvalue weighted by atomic mass is 35.5. The number of halogens is 1. The van der Waals surface area contributed by atoms with Gasteiger partial charge in [-0.25, -0.2) is 0 Å².